The third kappa shape index (κ3) is 4.31. The predicted molar refractivity (Wildman–Crippen MR) is 119 cm³/mol. The van der Waals surface area contributed by atoms with Crippen LogP contribution >= 0.6 is 0 Å². The molecule has 174 valence electrons. The lowest BCUT2D eigenvalue weighted by Crippen LogP contribution is -2.38. The van der Waals surface area contributed by atoms with Gasteiger partial charge in [0.15, 0.2) is 17.3 Å². The van der Waals surface area contributed by atoms with E-state index in [1.54, 1.807) is 12.1 Å². The number of nitriles is 1. The van der Waals surface area contributed by atoms with Crippen molar-refractivity contribution < 1.29 is 22.7 Å². The van der Waals surface area contributed by atoms with E-state index in [2.05, 4.69) is 16.0 Å². The van der Waals surface area contributed by atoms with E-state index in [4.69, 9.17) is 14.9 Å². The van der Waals surface area contributed by atoms with E-state index in [0.29, 0.717) is 42.8 Å². The molecule has 0 radical (unpaired) electrons. The summed E-state index contributed by atoms with van der Waals surface area (Å²) in [6, 6.07) is 10.6. The molecule has 5 rings (SSSR count). The summed E-state index contributed by atoms with van der Waals surface area (Å²) < 4.78 is 38.9. The highest BCUT2D eigenvalue weighted by molar-refractivity contribution is 5.93. The Hall–Kier alpha value is -3.93. The SMILES string of the molecule is N#Cc1ccc(N2CCC(Oc3ccc(F)cc3F)CC2)c(-c2nc(C(N)=O)c(C3CC3)o2)c1. The molecule has 2 fully saturated rings. The van der Waals surface area contributed by atoms with Crippen molar-refractivity contribution in [2.75, 3.05) is 18.0 Å². The minimum Gasteiger partial charge on any atom is -0.487 e. The molecule has 9 heteroatoms. The number of benzene rings is 2. The first-order valence-corrected chi connectivity index (χ1v) is 11.1. The van der Waals surface area contributed by atoms with Crippen LogP contribution in [0.2, 0.25) is 0 Å². The molecule has 1 aliphatic heterocycles. The maximum absolute atomic E-state index is 14.0. The molecule has 1 amide bonds. The number of piperidine rings is 1. The van der Waals surface area contributed by atoms with Gasteiger partial charge in [-0.1, -0.05) is 0 Å². The average molecular weight is 464 g/mol. The van der Waals surface area contributed by atoms with E-state index < -0.39 is 17.5 Å². The number of hydrogen-bond donors (Lipinski definition) is 1. The van der Waals surface area contributed by atoms with Crippen LogP contribution in [0.25, 0.3) is 11.5 Å². The summed E-state index contributed by atoms with van der Waals surface area (Å²) in [4.78, 5) is 18.4. The molecule has 1 aliphatic carbocycles. The van der Waals surface area contributed by atoms with E-state index in [9.17, 15) is 18.8 Å². The summed E-state index contributed by atoms with van der Waals surface area (Å²) in [5, 5.41) is 9.41. The van der Waals surface area contributed by atoms with E-state index in [1.807, 2.05) is 6.07 Å². The second-order valence-electron chi connectivity index (χ2n) is 8.59. The highest BCUT2D eigenvalue weighted by atomic mass is 19.1. The van der Waals surface area contributed by atoms with Gasteiger partial charge in [0, 0.05) is 43.6 Å². The smallest absolute Gasteiger partial charge is 0.270 e. The summed E-state index contributed by atoms with van der Waals surface area (Å²) in [7, 11) is 0. The number of hydrogen-bond acceptors (Lipinski definition) is 6. The van der Waals surface area contributed by atoms with Gasteiger partial charge >= 0.3 is 0 Å². The Balaban J connectivity index is 1.38. The topological polar surface area (TPSA) is 105 Å². The molecule has 0 bridgehead atoms. The van der Waals surface area contributed by atoms with Crippen LogP contribution in [-0.4, -0.2) is 30.1 Å². The second kappa shape index (κ2) is 8.78. The van der Waals surface area contributed by atoms with Crippen LogP contribution in [0.15, 0.2) is 40.8 Å². The highest BCUT2D eigenvalue weighted by Gasteiger charge is 2.34. The van der Waals surface area contributed by atoms with Crippen LogP contribution in [0.4, 0.5) is 14.5 Å². The zero-order valence-electron chi connectivity index (χ0n) is 18.3. The minimum absolute atomic E-state index is 0.0327. The summed E-state index contributed by atoms with van der Waals surface area (Å²) in [6.45, 7) is 1.20. The molecule has 1 saturated heterocycles. The number of anilines is 1. The lowest BCUT2D eigenvalue weighted by molar-refractivity contribution is 0.0994. The lowest BCUT2D eigenvalue weighted by atomic mass is 10.0. The number of amides is 1. The molecule has 2 heterocycles. The number of carbonyl (C=O) groups is 1. The largest absolute Gasteiger partial charge is 0.487 e. The van der Waals surface area contributed by atoms with Crippen LogP contribution in [0, 0.1) is 23.0 Å². The third-order valence-corrected chi connectivity index (χ3v) is 6.16. The maximum atomic E-state index is 14.0. The molecule has 2 aromatic carbocycles. The molecule has 0 atom stereocenters. The van der Waals surface area contributed by atoms with Crippen molar-refractivity contribution in [1.29, 1.82) is 5.26 Å². The number of carbonyl (C=O) groups excluding carboxylic acids is 1. The van der Waals surface area contributed by atoms with Crippen LogP contribution < -0.4 is 15.4 Å². The number of halogens is 2. The van der Waals surface area contributed by atoms with Crippen LogP contribution in [0.5, 0.6) is 5.75 Å². The number of primary amides is 1. The zero-order chi connectivity index (χ0) is 23.8. The van der Waals surface area contributed by atoms with Gasteiger partial charge in [-0.3, -0.25) is 4.79 Å². The van der Waals surface area contributed by atoms with Gasteiger partial charge in [0.2, 0.25) is 5.89 Å². The van der Waals surface area contributed by atoms with Gasteiger partial charge < -0.3 is 19.8 Å². The fourth-order valence-electron chi connectivity index (χ4n) is 4.26. The molecule has 1 aromatic heterocycles. The van der Waals surface area contributed by atoms with Crippen molar-refractivity contribution in [1.82, 2.24) is 4.98 Å². The third-order valence-electron chi connectivity index (χ3n) is 6.16. The predicted octanol–water partition coefficient (Wildman–Crippen LogP) is 4.52. The van der Waals surface area contributed by atoms with Gasteiger partial charge in [0.1, 0.15) is 17.7 Å². The van der Waals surface area contributed by atoms with Crippen molar-refractivity contribution >= 4 is 11.6 Å². The van der Waals surface area contributed by atoms with Gasteiger partial charge in [-0.25, -0.2) is 13.8 Å². The Morgan fingerprint density at radius 2 is 1.91 bits per heavy atom. The molecule has 0 unspecified atom stereocenters. The first kappa shape index (κ1) is 21.9. The Bertz CT molecular complexity index is 1290. The van der Waals surface area contributed by atoms with Gasteiger partial charge in [-0.2, -0.15) is 5.26 Å². The lowest BCUT2D eigenvalue weighted by Gasteiger charge is -2.34. The Morgan fingerprint density at radius 1 is 1.15 bits per heavy atom. The standard InChI is InChI=1S/C25H22F2N4O3/c26-16-4-6-21(19(27)12-16)33-17-7-9-31(10-8-17)20-5-1-14(13-28)11-18(20)25-30-22(24(29)32)23(34-25)15-2-3-15/h1,4-6,11-12,15,17H,2-3,7-10H2,(H2,29,32). The van der Waals surface area contributed by atoms with Crippen LogP contribution in [0.3, 0.4) is 0 Å². The molecular weight excluding hydrogens is 442 g/mol. The first-order chi connectivity index (χ1) is 16.4. The highest BCUT2D eigenvalue weighted by Crippen LogP contribution is 2.44. The number of nitrogens with two attached hydrogens (primary N) is 1. The summed E-state index contributed by atoms with van der Waals surface area (Å²) in [6.07, 6.45) is 2.84. The molecular formula is C25H22F2N4O3. The zero-order valence-corrected chi connectivity index (χ0v) is 18.3. The normalized spacial score (nSPS) is 16.3. The maximum Gasteiger partial charge on any atom is 0.270 e. The fourth-order valence-corrected chi connectivity index (χ4v) is 4.26. The monoisotopic (exact) mass is 464 g/mol. The number of rotatable bonds is 6. The van der Waals surface area contributed by atoms with Crippen molar-refractivity contribution in [3.63, 3.8) is 0 Å². The van der Waals surface area contributed by atoms with Gasteiger partial charge in [-0.15, -0.1) is 0 Å². The van der Waals surface area contributed by atoms with E-state index >= 15 is 0 Å². The van der Waals surface area contributed by atoms with Crippen molar-refractivity contribution in [2.45, 2.75) is 37.7 Å². The summed E-state index contributed by atoms with van der Waals surface area (Å²) in [5.41, 5.74) is 7.52. The number of oxazole rings is 1. The molecule has 2 N–H and O–H groups in total. The number of nitrogens with zero attached hydrogens (tertiary/aromatic N) is 3. The molecule has 2 aliphatic rings. The van der Waals surface area contributed by atoms with Crippen molar-refractivity contribution in [2.24, 2.45) is 5.73 Å². The van der Waals surface area contributed by atoms with Gasteiger partial charge in [-0.05, 0) is 43.2 Å². The Morgan fingerprint density at radius 3 is 2.56 bits per heavy atom. The number of ether oxygens (including phenoxy) is 1. The van der Waals surface area contributed by atoms with Gasteiger partial charge in [0.05, 0.1) is 17.2 Å². The van der Waals surface area contributed by atoms with E-state index in [0.717, 1.165) is 24.6 Å². The number of aromatic nitrogens is 1. The summed E-state index contributed by atoms with van der Waals surface area (Å²) >= 11 is 0. The molecule has 3 aromatic rings. The second-order valence-corrected chi connectivity index (χ2v) is 8.59. The average Bonchev–Trinajstić information content (AvgIpc) is 3.58. The first-order valence-electron chi connectivity index (χ1n) is 11.1. The van der Waals surface area contributed by atoms with E-state index in [1.165, 1.54) is 12.1 Å². The molecule has 34 heavy (non-hydrogen) atoms. The summed E-state index contributed by atoms with van der Waals surface area (Å²) in [5.74, 6) is -1.07. The van der Waals surface area contributed by atoms with E-state index in [-0.39, 0.29) is 29.4 Å². The van der Waals surface area contributed by atoms with Crippen LogP contribution in [0.1, 0.15) is 53.4 Å². The van der Waals surface area contributed by atoms with Crippen LogP contribution in [-0.2, 0) is 0 Å². The van der Waals surface area contributed by atoms with Crippen molar-refractivity contribution in [3.8, 4) is 23.3 Å². The quantitative estimate of drug-likeness (QED) is 0.575. The van der Waals surface area contributed by atoms with Crippen molar-refractivity contribution in [3.05, 3.63) is 65.1 Å². The molecule has 7 nitrogen and oxygen atoms in total. The molecule has 1 saturated carbocycles. The Labute approximate surface area is 194 Å². The minimum atomic E-state index is -0.725. The Kier molecular flexibility index (Phi) is 5.65. The fraction of sp³-hybridized carbons (Fsp3) is 0.320. The van der Waals surface area contributed by atoms with Gasteiger partial charge in [0.25, 0.3) is 5.91 Å². The molecule has 0 spiro atoms.